The summed E-state index contributed by atoms with van der Waals surface area (Å²) in [7, 11) is 0. The molecule has 0 bridgehead atoms. The highest BCUT2D eigenvalue weighted by atomic mass is 19.1. The maximum atomic E-state index is 13.2. The number of amides is 1. The molecule has 0 aliphatic rings. The number of rotatable bonds is 2. The number of hydrogen-bond donors (Lipinski definition) is 1. The molecule has 17 heavy (non-hydrogen) atoms. The molecule has 0 saturated heterocycles. The van der Waals surface area contributed by atoms with E-state index in [1.54, 1.807) is 6.07 Å². The molecule has 2 nitrogen and oxygen atoms in total. The molecule has 2 aromatic carbocycles. The number of benzene rings is 2. The molecular formula is C13H9F2NO. The van der Waals surface area contributed by atoms with E-state index in [2.05, 4.69) is 0 Å². The summed E-state index contributed by atoms with van der Waals surface area (Å²) in [4.78, 5) is 11.0. The van der Waals surface area contributed by atoms with Gasteiger partial charge in [-0.1, -0.05) is 18.2 Å². The minimum absolute atomic E-state index is 0.202. The van der Waals surface area contributed by atoms with Crippen LogP contribution in [0.4, 0.5) is 8.78 Å². The van der Waals surface area contributed by atoms with Gasteiger partial charge in [-0.25, -0.2) is 8.78 Å². The largest absolute Gasteiger partial charge is 0.366 e. The molecule has 0 aliphatic carbocycles. The van der Waals surface area contributed by atoms with Crippen LogP contribution < -0.4 is 5.73 Å². The molecular weight excluding hydrogens is 224 g/mol. The van der Waals surface area contributed by atoms with Crippen LogP contribution in [0.3, 0.4) is 0 Å². The van der Waals surface area contributed by atoms with Gasteiger partial charge in [0.1, 0.15) is 11.6 Å². The van der Waals surface area contributed by atoms with E-state index in [-0.39, 0.29) is 5.56 Å². The first-order valence-electron chi connectivity index (χ1n) is 4.93. The van der Waals surface area contributed by atoms with Crippen molar-refractivity contribution >= 4 is 5.91 Å². The Hall–Kier alpha value is -2.23. The summed E-state index contributed by atoms with van der Waals surface area (Å²) in [6.07, 6.45) is 0. The Morgan fingerprint density at radius 3 is 2.35 bits per heavy atom. The van der Waals surface area contributed by atoms with Crippen LogP contribution in [0.15, 0.2) is 42.5 Å². The summed E-state index contributed by atoms with van der Waals surface area (Å²) >= 11 is 0. The van der Waals surface area contributed by atoms with E-state index in [1.165, 1.54) is 30.3 Å². The molecule has 86 valence electrons. The fraction of sp³-hybridized carbons (Fsp3) is 0. The highest BCUT2D eigenvalue weighted by molar-refractivity contribution is 5.94. The van der Waals surface area contributed by atoms with Crippen LogP contribution in [0.25, 0.3) is 11.1 Å². The van der Waals surface area contributed by atoms with Crippen LogP contribution in [0.2, 0.25) is 0 Å². The first-order valence-corrected chi connectivity index (χ1v) is 4.93. The van der Waals surface area contributed by atoms with Crippen molar-refractivity contribution in [1.82, 2.24) is 0 Å². The molecule has 0 aromatic heterocycles. The van der Waals surface area contributed by atoms with E-state index in [1.807, 2.05) is 0 Å². The van der Waals surface area contributed by atoms with Crippen molar-refractivity contribution in [1.29, 1.82) is 0 Å². The second-order valence-corrected chi connectivity index (χ2v) is 3.57. The Kier molecular flexibility index (Phi) is 2.87. The molecule has 0 radical (unpaired) electrons. The van der Waals surface area contributed by atoms with Crippen LogP contribution in [-0.4, -0.2) is 5.91 Å². The van der Waals surface area contributed by atoms with Crippen molar-refractivity contribution in [3.63, 3.8) is 0 Å². The van der Waals surface area contributed by atoms with Crippen molar-refractivity contribution in [2.75, 3.05) is 0 Å². The Morgan fingerprint density at radius 2 is 1.71 bits per heavy atom. The third-order valence-electron chi connectivity index (χ3n) is 2.39. The van der Waals surface area contributed by atoms with Crippen molar-refractivity contribution in [2.45, 2.75) is 0 Å². The smallest absolute Gasteiger partial charge is 0.251 e. The zero-order valence-corrected chi connectivity index (χ0v) is 8.78. The van der Waals surface area contributed by atoms with Crippen LogP contribution in [-0.2, 0) is 0 Å². The normalized spacial score (nSPS) is 10.2. The van der Waals surface area contributed by atoms with Gasteiger partial charge in [0.25, 0.3) is 5.91 Å². The summed E-state index contributed by atoms with van der Waals surface area (Å²) in [5.74, 6) is -1.93. The summed E-state index contributed by atoms with van der Waals surface area (Å²) in [5, 5.41) is 0. The lowest BCUT2D eigenvalue weighted by Crippen LogP contribution is -2.13. The van der Waals surface area contributed by atoms with E-state index >= 15 is 0 Å². The van der Waals surface area contributed by atoms with Crippen LogP contribution >= 0.6 is 0 Å². The number of hydrogen-bond acceptors (Lipinski definition) is 1. The molecule has 2 N–H and O–H groups in total. The van der Waals surface area contributed by atoms with E-state index in [4.69, 9.17) is 5.73 Å². The van der Waals surface area contributed by atoms with Gasteiger partial charge in [0, 0.05) is 0 Å². The fourth-order valence-corrected chi connectivity index (χ4v) is 1.56. The van der Waals surface area contributed by atoms with Crippen molar-refractivity contribution < 1.29 is 13.6 Å². The quantitative estimate of drug-likeness (QED) is 0.851. The first kappa shape index (κ1) is 11.3. The van der Waals surface area contributed by atoms with E-state index in [0.29, 0.717) is 11.1 Å². The molecule has 0 aliphatic heterocycles. The molecule has 0 fully saturated rings. The van der Waals surface area contributed by atoms with Gasteiger partial charge in [-0.3, -0.25) is 4.79 Å². The van der Waals surface area contributed by atoms with Gasteiger partial charge >= 0.3 is 0 Å². The Bertz CT molecular complexity index is 581. The minimum Gasteiger partial charge on any atom is -0.366 e. The molecule has 2 rings (SSSR count). The maximum absolute atomic E-state index is 13.2. The zero-order valence-electron chi connectivity index (χ0n) is 8.78. The number of halogens is 2. The Balaban J connectivity index is 2.54. The van der Waals surface area contributed by atoms with Crippen molar-refractivity contribution in [3.05, 3.63) is 59.7 Å². The first-order chi connectivity index (χ1) is 8.08. The lowest BCUT2D eigenvalue weighted by molar-refractivity contribution is 0.0996. The van der Waals surface area contributed by atoms with Crippen LogP contribution in [0, 0.1) is 11.6 Å². The second-order valence-electron chi connectivity index (χ2n) is 3.57. The summed E-state index contributed by atoms with van der Waals surface area (Å²) < 4.78 is 26.3. The van der Waals surface area contributed by atoms with Gasteiger partial charge < -0.3 is 5.73 Å². The lowest BCUT2D eigenvalue weighted by atomic mass is 10.0. The molecule has 0 unspecified atom stereocenters. The summed E-state index contributed by atoms with van der Waals surface area (Å²) in [6, 6.07) is 9.74. The highest BCUT2D eigenvalue weighted by Crippen LogP contribution is 2.22. The molecule has 2 aromatic rings. The standard InChI is InChI=1S/C13H9F2NO/c14-10-3-1-2-8(6-10)9-4-5-12(15)11(7-9)13(16)17/h1-7H,(H2,16,17). The Morgan fingerprint density at radius 1 is 1.00 bits per heavy atom. The topological polar surface area (TPSA) is 43.1 Å². The number of nitrogens with two attached hydrogens (primary N) is 1. The molecule has 4 heteroatoms. The Labute approximate surface area is 96.7 Å². The van der Waals surface area contributed by atoms with Crippen LogP contribution in [0.1, 0.15) is 10.4 Å². The maximum Gasteiger partial charge on any atom is 0.251 e. The third kappa shape index (κ3) is 2.30. The van der Waals surface area contributed by atoms with Gasteiger partial charge in [0.2, 0.25) is 0 Å². The van der Waals surface area contributed by atoms with E-state index in [0.717, 1.165) is 6.07 Å². The molecule has 0 atom stereocenters. The molecule has 0 saturated carbocycles. The predicted molar refractivity (Wildman–Crippen MR) is 60.3 cm³/mol. The van der Waals surface area contributed by atoms with Crippen LogP contribution in [0.5, 0.6) is 0 Å². The lowest BCUT2D eigenvalue weighted by Gasteiger charge is -2.04. The van der Waals surface area contributed by atoms with Crippen molar-refractivity contribution in [3.8, 4) is 11.1 Å². The van der Waals surface area contributed by atoms with Gasteiger partial charge in [-0.2, -0.15) is 0 Å². The SMILES string of the molecule is NC(=O)c1cc(-c2cccc(F)c2)ccc1F. The third-order valence-corrected chi connectivity index (χ3v) is 2.39. The molecule has 0 heterocycles. The van der Waals surface area contributed by atoms with Gasteiger partial charge in [-0.05, 0) is 35.4 Å². The van der Waals surface area contributed by atoms with E-state index < -0.39 is 17.5 Å². The van der Waals surface area contributed by atoms with E-state index in [9.17, 15) is 13.6 Å². The molecule has 0 spiro atoms. The highest BCUT2D eigenvalue weighted by Gasteiger charge is 2.10. The van der Waals surface area contributed by atoms with Gasteiger partial charge in [0.15, 0.2) is 0 Å². The number of carbonyl (C=O) groups is 1. The zero-order chi connectivity index (χ0) is 12.4. The van der Waals surface area contributed by atoms with Crippen molar-refractivity contribution in [2.24, 2.45) is 5.73 Å². The number of primary amides is 1. The second kappa shape index (κ2) is 4.33. The predicted octanol–water partition coefficient (Wildman–Crippen LogP) is 2.73. The average Bonchev–Trinajstić information content (AvgIpc) is 2.29. The monoisotopic (exact) mass is 233 g/mol. The molecule has 1 amide bonds. The average molecular weight is 233 g/mol. The number of carbonyl (C=O) groups excluding carboxylic acids is 1. The summed E-state index contributed by atoms with van der Waals surface area (Å²) in [6.45, 7) is 0. The fourth-order valence-electron chi connectivity index (χ4n) is 1.56. The van der Waals surface area contributed by atoms with Gasteiger partial charge in [-0.15, -0.1) is 0 Å². The van der Waals surface area contributed by atoms with Gasteiger partial charge in [0.05, 0.1) is 5.56 Å². The summed E-state index contributed by atoms with van der Waals surface area (Å²) in [5.41, 5.74) is 5.94. The minimum atomic E-state index is -0.847.